The molecular formula is C26H32N6O3S. The molecule has 0 bridgehead atoms. The third kappa shape index (κ3) is 5.65. The molecule has 1 heterocycles. The molecule has 9 nitrogen and oxygen atoms in total. The maximum Gasteiger partial charge on any atom is 0.273 e. The van der Waals surface area contributed by atoms with E-state index in [1.807, 2.05) is 70.1 Å². The lowest BCUT2D eigenvalue weighted by molar-refractivity contribution is -0.124. The number of nitrogens with zero attached hydrogens (tertiary/aromatic N) is 3. The van der Waals surface area contributed by atoms with Crippen molar-refractivity contribution in [3.8, 4) is 0 Å². The van der Waals surface area contributed by atoms with Gasteiger partial charge in [-0.25, -0.2) is 0 Å². The highest BCUT2D eigenvalue weighted by molar-refractivity contribution is 7.09. The molecule has 0 aliphatic carbocycles. The van der Waals surface area contributed by atoms with E-state index in [0.29, 0.717) is 17.7 Å². The summed E-state index contributed by atoms with van der Waals surface area (Å²) < 4.78 is 3.98. The monoisotopic (exact) mass is 508 g/mol. The molecule has 1 atom stereocenters. The van der Waals surface area contributed by atoms with Gasteiger partial charge in [0.05, 0.1) is 5.69 Å². The largest absolute Gasteiger partial charge is 0.395 e. The molecule has 2 aromatic carbocycles. The minimum absolute atomic E-state index is 0.0325. The smallest absolute Gasteiger partial charge is 0.273 e. The van der Waals surface area contributed by atoms with E-state index in [0.717, 1.165) is 17.2 Å². The fourth-order valence-electron chi connectivity index (χ4n) is 3.57. The molecule has 5 N–H and O–H groups in total. The van der Waals surface area contributed by atoms with Gasteiger partial charge in [-0.2, -0.15) is 4.37 Å². The maximum absolute atomic E-state index is 14.0. The molecule has 3 rings (SSSR count). The van der Waals surface area contributed by atoms with Crippen molar-refractivity contribution in [3.05, 3.63) is 70.7 Å². The van der Waals surface area contributed by atoms with Crippen molar-refractivity contribution in [1.82, 2.24) is 9.69 Å². The number of benzene rings is 2. The molecule has 0 radical (unpaired) electrons. The van der Waals surface area contributed by atoms with Gasteiger partial charge in [-0.3, -0.25) is 19.3 Å². The highest BCUT2D eigenvalue weighted by Crippen LogP contribution is 2.34. The summed E-state index contributed by atoms with van der Waals surface area (Å²) in [6.07, 6.45) is 0.689. The number of hydrogen-bond donors (Lipinski definition) is 3. The van der Waals surface area contributed by atoms with E-state index in [1.165, 1.54) is 4.90 Å². The lowest BCUT2D eigenvalue weighted by Gasteiger charge is -2.34. The lowest BCUT2D eigenvalue weighted by Crippen LogP contribution is -2.50. The van der Waals surface area contributed by atoms with Crippen molar-refractivity contribution in [2.75, 3.05) is 29.6 Å². The number of rotatable bonds is 9. The van der Waals surface area contributed by atoms with E-state index < -0.39 is 23.4 Å². The number of nitrogens with one attached hydrogen (secondary N) is 1. The van der Waals surface area contributed by atoms with E-state index in [9.17, 15) is 14.4 Å². The molecule has 0 saturated heterocycles. The van der Waals surface area contributed by atoms with Crippen molar-refractivity contribution in [2.24, 2.45) is 5.73 Å². The fourth-order valence-corrected chi connectivity index (χ4v) is 4.32. The highest BCUT2D eigenvalue weighted by Gasteiger charge is 2.37. The summed E-state index contributed by atoms with van der Waals surface area (Å²) in [5.41, 5.74) is 12.7. The zero-order valence-electron chi connectivity index (χ0n) is 21.1. The van der Waals surface area contributed by atoms with Crippen LogP contribution in [0.2, 0.25) is 0 Å². The van der Waals surface area contributed by atoms with E-state index in [2.05, 4.69) is 9.69 Å². The van der Waals surface area contributed by atoms with Crippen LogP contribution in [0.5, 0.6) is 0 Å². The standard InChI is InChI=1S/C26H32N6O3S/c1-6-26(2,3)29-24(34)21(16-12-14-17(15-13-16)31(4)5)32(18-10-8-7-9-11-18)25(35)22-19(27)20(23(28)33)30-36-22/h7-15,21H,6,27H2,1-5H3,(H2,28,33)(H,29,34). The van der Waals surface area contributed by atoms with Gasteiger partial charge in [0.15, 0.2) is 5.69 Å². The Morgan fingerprint density at radius 3 is 2.14 bits per heavy atom. The van der Waals surface area contributed by atoms with Gasteiger partial charge in [-0.05, 0) is 61.6 Å². The zero-order valence-corrected chi connectivity index (χ0v) is 21.9. The Morgan fingerprint density at radius 1 is 1.03 bits per heavy atom. The zero-order chi connectivity index (χ0) is 26.6. The van der Waals surface area contributed by atoms with Crippen LogP contribution < -0.4 is 26.6 Å². The number of nitrogens with two attached hydrogens (primary N) is 2. The maximum atomic E-state index is 14.0. The SMILES string of the molecule is CCC(C)(C)NC(=O)C(c1ccc(N(C)C)cc1)N(C(=O)c1snc(C(N)=O)c1N)c1ccccc1. The van der Waals surface area contributed by atoms with Crippen LogP contribution in [0, 0.1) is 0 Å². The van der Waals surface area contributed by atoms with Gasteiger partial charge in [0, 0.05) is 31.0 Å². The number of amides is 3. The van der Waals surface area contributed by atoms with Crippen LogP contribution >= 0.6 is 11.5 Å². The van der Waals surface area contributed by atoms with Crippen molar-refractivity contribution in [1.29, 1.82) is 0 Å². The number of para-hydroxylation sites is 1. The van der Waals surface area contributed by atoms with Crippen molar-refractivity contribution in [3.63, 3.8) is 0 Å². The predicted molar refractivity (Wildman–Crippen MR) is 144 cm³/mol. The number of carbonyl (C=O) groups is 3. The third-order valence-corrected chi connectivity index (χ3v) is 6.84. The molecule has 0 saturated carbocycles. The number of primary amides is 1. The van der Waals surface area contributed by atoms with Crippen molar-refractivity contribution in [2.45, 2.75) is 38.8 Å². The predicted octanol–water partition coefficient (Wildman–Crippen LogP) is 3.58. The Balaban J connectivity index is 2.21. The van der Waals surface area contributed by atoms with Crippen LogP contribution in [0.25, 0.3) is 0 Å². The molecule has 0 fully saturated rings. The second-order valence-electron chi connectivity index (χ2n) is 9.26. The van der Waals surface area contributed by atoms with Crippen LogP contribution in [0.4, 0.5) is 17.1 Å². The molecule has 3 aromatic rings. The molecule has 190 valence electrons. The molecule has 1 unspecified atom stereocenters. The molecule has 36 heavy (non-hydrogen) atoms. The Morgan fingerprint density at radius 2 is 1.64 bits per heavy atom. The number of hydrogen-bond acceptors (Lipinski definition) is 7. The first-order chi connectivity index (χ1) is 17.0. The molecular weight excluding hydrogens is 476 g/mol. The number of aromatic nitrogens is 1. The third-order valence-electron chi connectivity index (χ3n) is 5.99. The summed E-state index contributed by atoms with van der Waals surface area (Å²) in [4.78, 5) is 43.0. The summed E-state index contributed by atoms with van der Waals surface area (Å²) in [5, 5.41) is 3.08. The molecule has 0 spiro atoms. The van der Waals surface area contributed by atoms with Gasteiger partial charge >= 0.3 is 0 Å². The van der Waals surface area contributed by atoms with E-state index in [4.69, 9.17) is 11.5 Å². The Labute approximate surface area is 215 Å². The van der Waals surface area contributed by atoms with Gasteiger partial charge in [-0.1, -0.05) is 37.3 Å². The van der Waals surface area contributed by atoms with Crippen LogP contribution in [0.1, 0.15) is 59.0 Å². The summed E-state index contributed by atoms with van der Waals surface area (Å²) in [6.45, 7) is 5.82. The van der Waals surface area contributed by atoms with Crippen molar-refractivity contribution < 1.29 is 14.4 Å². The van der Waals surface area contributed by atoms with Crippen LogP contribution in [-0.2, 0) is 4.79 Å². The second kappa shape index (κ2) is 10.8. The van der Waals surface area contributed by atoms with Gasteiger partial charge in [0.1, 0.15) is 10.9 Å². The van der Waals surface area contributed by atoms with Crippen LogP contribution in [0.3, 0.4) is 0 Å². The first-order valence-electron chi connectivity index (χ1n) is 11.5. The highest BCUT2D eigenvalue weighted by atomic mass is 32.1. The average Bonchev–Trinajstić information content (AvgIpc) is 3.24. The van der Waals surface area contributed by atoms with Gasteiger partial charge in [0.25, 0.3) is 11.8 Å². The molecule has 3 amide bonds. The second-order valence-corrected chi connectivity index (χ2v) is 10.0. The number of carbonyl (C=O) groups excluding carboxylic acids is 3. The summed E-state index contributed by atoms with van der Waals surface area (Å²) in [6, 6.07) is 15.3. The van der Waals surface area contributed by atoms with Gasteiger partial charge in [-0.15, -0.1) is 0 Å². The normalized spacial score (nSPS) is 12.0. The average molecular weight is 509 g/mol. The molecule has 0 aliphatic rings. The Kier molecular flexibility index (Phi) is 7.99. The van der Waals surface area contributed by atoms with Gasteiger partial charge in [0.2, 0.25) is 5.91 Å². The van der Waals surface area contributed by atoms with Crippen LogP contribution in [0.15, 0.2) is 54.6 Å². The molecule has 0 aliphatic heterocycles. The summed E-state index contributed by atoms with van der Waals surface area (Å²) >= 11 is 0.779. The van der Waals surface area contributed by atoms with E-state index in [-0.39, 0.29) is 22.2 Å². The van der Waals surface area contributed by atoms with E-state index in [1.54, 1.807) is 24.3 Å². The van der Waals surface area contributed by atoms with E-state index >= 15 is 0 Å². The minimum atomic E-state index is -1.03. The summed E-state index contributed by atoms with van der Waals surface area (Å²) in [7, 11) is 3.84. The summed E-state index contributed by atoms with van der Waals surface area (Å²) in [5.74, 6) is -1.74. The van der Waals surface area contributed by atoms with Crippen LogP contribution in [-0.4, -0.2) is 41.7 Å². The molecule has 10 heteroatoms. The first kappa shape index (κ1) is 26.7. The first-order valence-corrected chi connectivity index (χ1v) is 12.3. The lowest BCUT2D eigenvalue weighted by atomic mass is 9.97. The topological polar surface area (TPSA) is 135 Å². The minimum Gasteiger partial charge on any atom is -0.395 e. The number of anilines is 3. The number of nitrogen functional groups attached to an aromatic ring is 1. The van der Waals surface area contributed by atoms with Gasteiger partial charge < -0.3 is 21.7 Å². The fraction of sp³-hybridized carbons (Fsp3) is 0.308. The Bertz CT molecular complexity index is 1240. The Hall–Kier alpha value is -3.92. The van der Waals surface area contributed by atoms with Crippen molar-refractivity contribution >= 4 is 46.3 Å². The molecule has 1 aromatic heterocycles. The quantitative estimate of drug-likeness (QED) is 0.404.